The molecule has 0 aliphatic carbocycles. The highest BCUT2D eigenvalue weighted by atomic mass is 16.7. The molecule has 0 atom stereocenters. The van der Waals surface area contributed by atoms with Crippen LogP contribution in [0, 0.1) is 0 Å². The Labute approximate surface area is 142 Å². The van der Waals surface area contributed by atoms with Crippen LogP contribution in [0.25, 0.3) is 0 Å². The molecule has 0 aliphatic heterocycles. The van der Waals surface area contributed by atoms with E-state index in [0.717, 1.165) is 11.5 Å². The lowest BCUT2D eigenvalue weighted by molar-refractivity contribution is -0.138. The summed E-state index contributed by atoms with van der Waals surface area (Å²) in [6, 6.07) is 14.6. The normalized spacial score (nSPS) is 10.8. The van der Waals surface area contributed by atoms with Gasteiger partial charge in [-0.05, 0) is 31.2 Å². The summed E-state index contributed by atoms with van der Waals surface area (Å²) in [6.07, 6.45) is -0.334. The molecule has 0 aromatic heterocycles. The second-order valence-corrected chi connectivity index (χ2v) is 5.15. The minimum atomic E-state index is -0.334. The number of benzene rings is 2. The predicted molar refractivity (Wildman–Crippen MR) is 94.1 cm³/mol. The van der Waals surface area contributed by atoms with Crippen molar-refractivity contribution in [1.82, 2.24) is 0 Å². The maximum absolute atomic E-state index is 5.68. The van der Waals surface area contributed by atoms with Crippen molar-refractivity contribution in [3.05, 3.63) is 48.5 Å². The Hall–Kier alpha value is -2.44. The molecule has 0 fully saturated rings. The Morgan fingerprint density at radius 3 is 1.62 bits per heavy atom. The van der Waals surface area contributed by atoms with Crippen LogP contribution in [0.1, 0.15) is 6.92 Å². The number of ether oxygens (including phenoxy) is 4. The molecule has 0 spiro atoms. The number of hydrogen-bond acceptors (Lipinski definition) is 6. The van der Waals surface area contributed by atoms with Gasteiger partial charge in [-0.15, -0.1) is 0 Å². The first-order valence-corrected chi connectivity index (χ1v) is 7.83. The van der Waals surface area contributed by atoms with E-state index in [2.05, 4.69) is 0 Å². The van der Waals surface area contributed by atoms with Crippen LogP contribution in [0.3, 0.4) is 0 Å². The van der Waals surface area contributed by atoms with E-state index in [0.29, 0.717) is 37.8 Å². The minimum absolute atomic E-state index is 0.334. The summed E-state index contributed by atoms with van der Waals surface area (Å²) in [6.45, 7) is 3.53. The summed E-state index contributed by atoms with van der Waals surface area (Å²) >= 11 is 0. The highest BCUT2D eigenvalue weighted by Crippen LogP contribution is 2.15. The van der Waals surface area contributed by atoms with Crippen molar-refractivity contribution in [3.63, 3.8) is 0 Å². The van der Waals surface area contributed by atoms with Crippen LogP contribution in [-0.2, 0) is 9.47 Å². The van der Waals surface area contributed by atoms with Crippen LogP contribution in [0.4, 0.5) is 11.4 Å². The van der Waals surface area contributed by atoms with Gasteiger partial charge in [0.1, 0.15) is 24.7 Å². The summed E-state index contributed by atoms with van der Waals surface area (Å²) in [5, 5.41) is 0. The molecule has 130 valence electrons. The first-order chi connectivity index (χ1) is 11.6. The number of rotatable bonds is 10. The van der Waals surface area contributed by atoms with Gasteiger partial charge in [-0.2, -0.15) is 0 Å². The highest BCUT2D eigenvalue weighted by Gasteiger charge is 2.03. The third-order valence-electron chi connectivity index (χ3n) is 3.13. The van der Waals surface area contributed by atoms with Crippen molar-refractivity contribution in [2.24, 2.45) is 0 Å². The van der Waals surface area contributed by atoms with E-state index in [-0.39, 0.29) is 6.29 Å². The molecule has 24 heavy (non-hydrogen) atoms. The topological polar surface area (TPSA) is 89.0 Å². The molecule has 0 bridgehead atoms. The largest absolute Gasteiger partial charge is 0.491 e. The molecule has 0 saturated carbocycles. The van der Waals surface area contributed by atoms with Crippen LogP contribution in [-0.4, -0.2) is 32.7 Å². The average Bonchev–Trinajstić information content (AvgIpc) is 2.56. The lowest BCUT2D eigenvalue weighted by Crippen LogP contribution is -2.20. The van der Waals surface area contributed by atoms with Gasteiger partial charge in [0.25, 0.3) is 0 Å². The van der Waals surface area contributed by atoms with Gasteiger partial charge in [0.15, 0.2) is 6.29 Å². The Kier molecular flexibility index (Phi) is 7.20. The van der Waals surface area contributed by atoms with E-state index < -0.39 is 0 Å². The van der Waals surface area contributed by atoms with Crippen LogP contribution in [0.2, 0.25) is 0 Å². The second kappa shape index (κ2) is 9.64. The summed E-state index contributed by atoms with van der Waals surface area (Å²) in [7, 11) is 0. The third kappa shape index (κ3) is 6.76. The zero-order valence-electron chi connectivity index (χ0n) is 13.8. The molecule has 6 nitrogen and oxygen atoms in total. The average molecular weight is 332 g/mol. The fourth-order valence-corrected chi connectivity index (χ4v) is 2.00. The van der Waals surface area contributed by atoms with Crippen molar-refractivity contribution in [2.45, 2.75) is 13.2 Å². The van der Waals surface area contributed by atoms with Gasteiger partial charge in [-0.3, -0.25) is 0 Å². The van der Waals surface area contributed by atoms with E-state index in [1.165, 1.54) is 0 Å². The number of hydrogen-bond donors (Lipinski definition) is 2. The van der Waals surface area contributed by atoms with Crippen LogP contribution >= 0.6 is 0 Å². The molecule has 2 aromatic rings. The van der Waals surface area contributed by atoms with Gasteiger partial charge in [0.05, 0.1) is 13.2 Å². The van der Waals surface area contributed by atoms with Crippen molar-refractivity contribution in [2.75, 3.05) is 37.9 Å². The molecular weight excluding hydrogens is 308 g/mol. The van der Waals surface area contributed by atoms with E-state index in [1.807, 2.05) is 43.3 Å². The molecule has 0 unspecified atom stereocenters. The molecule has 0 radical (unpaired) electrons. The maximum Gasteiger partial charge on any atom is 0.155 e. The van der Waals surface area contributed by atoms with Gasteiger partial charge in [0.2, 0.25) is 0 Å². The Balaban J connectivity index is 1.53. The van der Waals surface area contributed by atoms with Gasteiger partial charge in [-0.1, -0.05) is 12.1 Å². The highest BCUT2D eigenvalue weighted by molar-refractivity contribution is 5.44. The van der Waals surface area contributed by atoms with Gasteiger partial charge < -0.3 is 30.4 Å². The first-order valence-electron chi connectivity index (χ1n) is 7.83. The van der Waals surface area contributed by atoms with Crippen molar-refractivity contribution < 1.29 is 18.9 Å². The fourth-order valence-electron chi connectivity index (χ4n) is 2.00. The van der Waals surface area contributed by atoms with E-state index in [1.54, 1.807) is 12.1 Å². The van der Waals surface area contributed by atoms with Crippen molar-refractivity contribution >= 4 is 11.4 Å². The number of nitrogen functional groups attached to an aromatic ring is 2. The van der Waals surface area contributed by atoms with Crippen molar-refractivity contribution in [1.29, 1.82) is 0 Å². The molecule has 0 heterocycles. The molecular formula is C18H24N2O4. The third-order valence-corrected chi connectivity index (χ3v) is 3.13. The SMILES string of the molecule is CC(OCCOc1cccc(N)c1)OCCOc1cccc(N)c1. The summed E-state index contributed by atoms with van der Waals surface area (Å²) in [5.74, 6) is 1.45. The standard InChI is InChI=1S/C18H24N2O4/c1-14(21-8-10-23-17-6-2-4-15(19)12-17)22-9-11-24-18-7-3-5-16(20)13-18/h2-7,12-14H,8-11,19-20H2,1H3. The summed E-state index contributed by atoms with van der Waals surface area (Å²) in [4.78, 5) is 0. The monoisotopic (exact) mass is 332 g/mol. The zero-order chi connectivity index (χ0) is 17.2. The maximum atomic E-state index is 5.68. The Morgan fingerprint density at radius 1 is 0.750 bits per heavy atom. The van der Waals surface area contributed by atoms with E-state index >= 15 is 0 Å². The van der Waals surface area contributed by atoms with Gasteiger partial charge in [0, 0.05) is 23.5 Å². The Morgan fingerprint density at radius 2 is 1.21 bits per heavy atom. The van der Waals surface area contributed by atoms with Crippen LogP contribution < -0.4 is 20.9 Å². The molecule has 0 amide bonds. The summed E-state index contributed by atoms with van der Waals surface area (Å²) in [5.41, 5.74) is 12.7. The predicted octanol–water partition coefficient (Wildman–Crippen LogP) is 2.69. The summed E-state index contributed by atoms with van der Waals surface area (Å²) < 4.78 is 22.1. The van der Waals surface area contributed by atoms with Crippen LogP contribution in [0.5, 0.6) is 11.5 Å². The van der Waals surface area contributed by atoms with Gasteiger partial charge in [-0.25, -0.2) is 0 Å². The smallest absolute Gasteiger partial charge is 0.155 e. The quantitative estimate of drug-likeness (QED) is 0.395. The van der Waals surface area contributed by atoms with Crippen molar-refractivity contribution in [3.8, 4) is 11.5 Å². The zero-order valence-corrected chi connectivity index (χ0v) is 13.8. The lowest BCUT2D eigenvalue weighted by Gasteiger charge is -2.15. The second-order valence-electron chi connectivity index (χ2n) is 5.15. The molecule has 2 aromatic carbocycles. The Bertz CT molecular complexity index is 568. The molecule has 6 heteroatoms. The molecule has 4 N–H and O–H groups in total. The molecule has 2 rings (SSSR count). The lowest BCUT2D eigenvalue weighted by atomic mass is 10.3. The first kappa shape index (κ1) is 17.9. The number of nitrogens with two attached hydrogens (primary N) is 2. The number of anilines is 2. The minimum Gasteiger partial charge on any atom is -0.491 e. The van der Waals surface area contributed by atoms with Crippen LogP contribution in [0.15, 0.2) is 48.5 Å². The fraction of sp³-hybridized carbons (Fsp3) is 0.333. The van der Waals surface area contributed by atoms with E-state index in [9.17, 15) is 0 Å². The van der Waals surface area contributed by atoms with Gasteiger partial charge >= 0.3 is 0 Å². The molecule has 0 saturated heterocycles. The molecule has 0 aliphatic rings. The van der Waals surface area contributed by atoms with E-state index in [4.69, 9.17) is 30.4 Å².